The van der Waals surface area contributed by atoms with Gasteiger partial charge in [0.25, 0.3) is 0 Å². The topological polar surface area (TPSA) is 71.1 Å². The number of carbonyl (C=O) groups excluding carboxylic acids is 2. The van der Waals surface area contributed by atoms with Gasteiger partial charge in [0, 0.05) is 30.4 Å². The summed E-state index contributed by atoms with van der Waals surface area (Å²) >= 11 is 0. The highest BCUT2D eigenvalue weighted by Gasteiger charge is 2.35. The largest absolute Gasteiger partial charge is 0.493 e. The second-order valence-corrected chi connectivity index (χ2v) is 11.3. The molecule has 0 aliphatic heterocycles. The van der Waals surface area contributed by atoms with E-state index in [4.69, 9.17) is 18.9 Å². The maximum absolute atomic E-state index is 11.1. The molecule has 0 aromatic heterocycles. The van der Waals surface area contributed by atoms with E-state index in [9.17, 15) is 9.59 Å². The Balaban J connectivity index is 1.23. The van der Waals surface area contributed by atoms with E-state index >= 15 is 0 Å². The fraction of sp³-hybridized carbons (Fsp3) is 0.231. The molecule has 4 aromatic carbocycles. The van der Waals surface area contributed by atoms with Crippen LogP contribution in [0.5, 0.6) is 11.5 Å². The van der Waals surface area contributed by atoms with Crippen LogP contribution in [0.15, 0.2) is 110 Å². The average molecular weight is 603 g/mol. The average Bonchev–Trinajstić information content (AvgIpc) is 3.29. The molecule has 1 aliphatic rings. The normalized spacial score (nSPS) is 12.4. The number of rotatable bonds is 14. The van der Waals surface area contributed by atoms with Crippen molar-refractivity contribution in [2.75, 3.05) is 26.4 Å². The lowest BCUT2D eigenvalue weighted by Gasteiger charge is -2.22. The molecular weight excluding hydrogens is 564 g/mol. The molecule has 0 saturated heterocycles. The predicted octanol–water partition coefficient (Wildman–Crippen LogP) is 8.32. The van der Waals surface area contributed by atoms with Crippen molar-refractivity contribution in [3.05, 3.63) is 121 Å². The number of hydrogen-bond donors (Lipinski definition) is 0. The molecule has 0 N–H and O–H groups in total. The Bertz CT molecular complexity index is 1560. The number of ether oxygens (including phenoxy) is 4. The van der Waals surface area contributed by atoms with Crippen LogP contribution in [-0.4, -0.2) is 38.4 Å². The molecular formula is C39H38O6. The highest BCUT2D eigenvalue weighted by Crippen LogP contribution is 2.50. The zero-order valence-electron chi connectivity index (χ0n) is 25.8. The zero-order valence-corrected chi connectivity index (χ0v) is 25.8. The summed E-state index contributed by atoms with van der Waals surface area (Å²) in [5, 5.41) is 0. The summed E-state index contributed by atoms with van der Waals surface area (Å²) in [6.07, 6.45) is 3.54. The molecule has 5 rings (SSSR count). The van der Waals surface area contributed by atoms with E-state index in [1.807, 2.05) is 24.3 Å². The predicted molar refractivity (Wildman–Crippen MR) is 177 cm³/mol. The minimum Gasteiger partial charge on any atom is -0.493 e. The van der Waals surface area contributed by atoms with Crippen molar-refractivity contribution in [1.29, 1.82) is 0 Å². The Morgan fingerprint density at radius 2 is 0.956 bits per heavy atom. The molecule has 0 saturated carbocycles. The van der Waals surface area contributed by atoms with Gasteiger partial charge < -0.3 is 18.9 Å². The summed E-state index contributed by atoms with van der Waals surface area (Å²) in [6, 6.07) is 29.7. The molecule has 0 spiro atoms. The van der Waals surface area contributed by atoms with Crippen LogP contribution in [0.2, 0.25) is 0 Å². The maximum Gasteiger partial charge on any atom is 0.330 e. The Labute approximate surface area is 264 Å². The van der Waals surface area contributed by atoms with Crippen molar-refractivity contribution in [1.82, 2.24) is 0 Å². The first kappa shape index (κ1) is 31.3. The minimum atomic E-state index is -0.420. The number of esters is 2. The first-order chi connectivity index (χ1) is 21.8. The SMILES string of the molecule is C=CC(=O)OCCCOc1ccc(-c2ccc3c(c2)C(C)(C)c2cc(-c4ccc(OCCCOC(=O)C=C)cc4)ccc2-3)cc1. The van der Waals surface area contributed by atoms with Gasteiger partial charge in [0.15, 0.2) is 0 Å². The van der Waals surface area contributed by atoms with Gasteiger partial charge in [-0.1, -0.05) is 75.5 Å². The van der Waals surface area contributed by atoms with E-state index in [1.165, 1.54) is 22.3 Å². The first-order valence-electron chi connectivity index (χ1n) is 15.1. The fourth-order valence-electron chi connectivity index (χ4n) is 5.55. The molecule has 45 heavy (non-hydrogen) atoms. The molecule has 4 aromatic rings. The van der Waals surface area contributed by atoms with Crippen LogP contribution < -0.4 is 9.47 Å². The molecule has 0 fully saturated rings. The van der Waals surface area contributed by atoms with Crippen LogP contribution >= 0.6 is 0 Å². The third-order valence-corrected chi connectivity index (χ3v) is 7.99. The molecule has 6 nitrogen and oxygen atoms in total. The van der Waals surface area contributed by atoms with Crippen LogP contribution in [-0.2, 0) is 24.5 Å². The lowest BCUT2D eigenvalue weighted by molar-refractivity contribution is -0.138. The molecule has 0 unspecified atom stereocenters. The molecule has 1 aliphatic carbocycles. The highest BCUT2D eigenvalue weighted by molar-refractivity contribution is 5.86. The Kier molecular flexibility index (Phi) is 9.83. The van der Waals surface area contributed by atoms with Crippen LogP contribution in [0.25, 0.3) is 33.4 Å². The number of benzene rings is 4. The van der Waals surface area contributed by atoms with Crippen LogP contribution in [0.4, 0.5) is 0 Å². The summed E-state index contributed by atoms with van der Waals surface area (Å²) < 4.78 is 21.6. The van der Waals surface area contributed by atoms with Crippen molar-refractivity contribution in [2.45, 2.75) is 32.1 Å². The fourth-order valence-corrected chi connectivity index (χ4v) is 5.55. The lowest BCUT2D eigenvalue weighted by Crippen LogP contribution is -2.15. The van der Waals surface area contributed by atoms with Gasteiger partial charge in [0.05, 0.1) is 26.4 Å². The van der Waals surface area contributed by atoms with E-state index in [2.05, 4.69) is 87.7 Å². The standard InChI is InChI=1S/C39H38O6/c1-5-37(40)44-23-7-21-42-31-15-9-27(10-16-31)29-13-19-33-34-20-14-30(26-36(34)39(3,4)35(33)25-29)28-11-17-32(18-12-28)43-22-8-24-45-38(41)6-2/h5-6,9-20,25-26H,1-2,7-8,21-24H2,3-4H3. The van der Waals surface area contributed by atoms with Gasteiger partial charge in [0.2, 0.25) is 0 Å². The third-order valence-electron chi connectivity index (χ3n) is 7.99. The van der Waals surface area contributed by atoms with Gasteiger partial charge in [-0.15, -0.1) is 0 Å². The summed E-state index contributed by atoms with van der Waals surface area (Å²) in [5.41, 5.74) is 9.56. The van der Waals surface area contributed by atoms with E-state index in [1.54, 1.807) is 0 Å². The van der Waals surface area contributed by atoms with Gasteiger partial charge >= 0.3 is 11.9 Å². The lowest BCUT2D eigenvalue weighted by atomic mass is 9.81. The van der Waals surface area contributed by atoms with Crippen LogP contribution in [0.3, 0.4) is 0 Å². The maximum atomic E-state index is 11.1. The Morgan fingerprint density at radius 3 is 1.33 bits per heavy atom. The quantitative estimate of drug-likeness (QED) is 0.0821. The second-order valence-electron chi connectivity index (χ2n) is 11.3. The van der Waals surface area contributed by atoms with Crippen molar-refractivity contribution in [2.24, 2.45) is 0 Å². The number of fused-ring (bicyclic) bond motifs is 3. The monoisotopic (exact) mass is 602 g/mol. The zero-order chi connectivity index (χ0) is 31.8. The molecule has 230 valence electrons. The molecule has 0 amide bonds. The van der Waals surface area contributed by atoms with E-state index < -0.39 is 11.9 Å². The van der Waals surface area contributed by atoms with Gasteiger partial charge in [-0.05, 0) is 80.9 Å². The Morgan fingerprint density at radius 1 is 0.578 bits per heavy atom. The number of carbonyl (C=O) groups is 2. The summed E-state index contributed by atoms with van der Waals surface area (Å²) in [4.78, 5) is 22.3. The summed E-state index contributed by atoms with van der Waals surface area (Å²) in [7, 11) is 0. The van der Waals surface area contributed by atoms with Crippen molar-refractivity contribution in [3.63, 3.8) is 0 Å². The van der Waals surface area contributed by atoms with E-state index in [-0.39, 0.29) is 5.41 Å². The minimum absolute atomic E-state index is 0.160. The first-order valence-corrected chi connectivity index (χ1v) is 15.1. The van der Waals surface area contributed by atoms with Crippen molar-refractivity contribution < 1.29 is 28.5 Å². The van der Waals surface area contributed by atoms with Crippen molar-refractivity contribution >= 4 is 11.9 Å². The van der Waals surface area contributed by atoms with Crippen LogP contribution in [0, 0.1) is 0 Å². The third kappa shape index (κ3) is 7.35. The summed E-state index contributed by atoms with van der Waals surface area (Å²) in [6.45, 7) is 12.9. The van der Waals surface area contributed by atoms with Gasteiger partial charge in [-0.2, -0.15) is 0 Å². The van der Waals surface area contributed by atoms with Gasteiger partial charge in [-0.25, -0.2) is 9.59 Å². The van der Waals surface area contributed by atoms with Gasteiger partial charge in [-0.3, -0.25) is 0 Å². The molecule has 0 atom stereocenters. The summed E-state index contributed by atoms with van der Waals surface area (Å²) in [5.74, 6) is 0.719. The smallest absolute Gasteiger partial charge is 0.330 e. The van der Waals surface area contributed by atoms with Crippen LogP contribution in [0.1, 0.15) is 37.8 Å². The van der Waals surface area contributed by atoms with E-state index in [0.717, 1.165) is 45.9 Å². The van der Waals surface area contributed by atoms with Gasteiger partial charge in [0.1, 0.15) is 11.5 Å². The van der Waals surface area contributed by atoms with E-state index in [0.29, 0.717) is 39.3 Å². The second kappa shape index (κ2) is 14.1. The molecule has 0 bridgehead atoms. The Hall–Kier alpha value is -5.10. The highest BCUT2D eigenvalue weighted by atomic mass is 16.5. The van der Waals surface area contributed by atoms with Crippen molar-refractivity contribution in [3.8, 4) is 44.9 Å². The number of hydrogen-bond acceptors (Lipinski definition) is 6. The molecule has 6 heteroatoms. The molecule has 0 radical (unpaired) electrons. The molecule has 0 heterocycles.